The van der Waals surface area contributed by atoms with E-state index in [1.54, 1.807) is 13.1 Å². The Labute approximate surface area is 174 Å². The maximum Gasteiger partial charge on any atom is 0.191 e. The number of rotatable bonds is 8. The summed E-state index contributed by atoms with van der Waals surface area (Å²) in [7, 11) is 1.70. The van der Waals surface area contributed by atoms with Gasteiger partial charge in [-0.2, -0.15) is 0 Å². The van der Waals surface area contributed by atoms with Crippen molar-refractivity contribution in [3.8, 4) is 0 Å². The summed E-state index contributed by atoms with van der Waals surface area (Å²) < 4.78 is 25.6. The number of ether oxygens (including phenoxy) is 2. The summed E-state index contributed by atoms with van der Waals surface area (Å²) in [6.45, 7) is 3.35. The predicted octanol–water partition coefficient (Wildman–Crippen LogP) is 3.46. The fraction of sp³-hybridized carbons (Fsp3) is 0.588. The molecule has 25 heavy (non-hydrogen) atoms. The SMILES string of the molecule is CN=C(NCCCOCC1CCCO1)NCc1ccc(Br)cc1F.I. The molecule has 0 saturated carbocycles. The van der Waals surface area contributed by atoms with E-state index in [2.05, 4.69) is 31.6 Å². The van der Waals surface area contributed by atoms with Crippen LogP contribution in [0.3, 0.4) is 0 Å². The van der Waals surface area contributed by atoms with Gasteiger partial charge in [0.05, 0.1) is 12.7 Å². The van der Waals surface area contributed by atoms with Crippen LogP contribution in [0.2, 0.25) is 0 Å². The number of halogens is 3. The number of hydrogen-bond donors (Lipinski definition) is 2. The zero-order valence-electron chi connectivity index (χ0n) is 14.4. The lowest BCUT2D eigenvalue weighted by Gasteiger charge is -2.13. The van der Waals surface area contributed by atoms with Crippen LogP contribution in [0.1, 0.15) is 24.8 Å². The Morgan fingerprint density at radius 3 is 2.96 bits per heavy atom. The van der Waals surface area contributed by atoms with Gasteiger partial charge in [0.1, 0.15) is 5.82 Å². The van der Waals surface area contributed by atoms with Gasteiger partial charge in [-0.05, 0) is 31.4 Å². The van der Waals surface area contributed by atoms with E-state index in [4.69, 9.17) is 9.47 Å². The van der Waals surface area contributed by atoms with Crippen LogP contribution in [-0.2, 0) is 16.0 Å². The summed E-state index contributed by atoms with van der Waals surface area (Å²) in [6, 6.07) is 5.03. The molecule has 1 aliphatic heterocycles. The molecule has 2 rings (SSSR count). The molecular weight excluding hydrogens is 504 g/mol. The van der Waals surface area contributed by atoms with Gasteiger partial charge in [-0.1, -0.05) is 22.0 Å². The predicted molar refractivity (Wildman–Crippen MR) is 112 cm³/mol. The summed E-state index contributed by atoms with van der Waals surface area (Å²) in [6.07, 6.45) is 3.38. The van der Waals surface area contributed by atoms with Crippen LogP contribution in [0.25, 0.3) is 0 Å². The Balaban J connectivity index is 0.00000312. The minimum atomic E-state index is -0.241. The molecule has 1 heterocycles. The van der Waals surface area contributed by atoms with Crippen molar-refractivity contribution in [1.82, 2.24) is 10.6 Å². The Morgan fingerprint density at radius 2 is 2.28 bits per heavy atom. The van der Waals surface area contributed by atoms with E-state index in [-0.39, 0.29) is 35.9 Å². The lowest BCUT2D eigenvalue weighted by atomic mass is 10.2. The third-order valence-corrected chi connectivity index (χ3v) is 4.26. The van der Waals surface area contributed by atoms with Gasteiger partial charge in [-0.3, -0.25) is 4.99 Å². The number of guanidine groups is 1. The zero-order chi connectivity index (χ0) is 17.2. The van der Waals surface area contributed by atoms with Crippen molar-refractivity contribution in [3.05, 3.63) is 34.1 Å². The summed E-state index contributed by atoms with van der Waals surface area (Å²) >= 11 is 3.25. The Kier molecular flexibility index (Phi) is 11.6. The largest absolute Gasteiger partial charge is 0.379 e. The molecule has 2 N–H and O–H groups in total. The molecule has 8 heteroatoms. The van der Waals surface area contributed by atoms with Gasteiger partial charge < -0.3 is 20.1 Å². The van der Waals surface area contributed by atoms with Gasteiger partial charge in [0.15, 0.2) is 5.96 Å². The van der Waals surface area contributed by atoms with Crippen molar-refractivity contribution < 1.29 is 13.9 Å². The smallest absolute Gasteiger partial charge is 0.191 e. The second-order valence-corrected chi connectivity index (χ2v) is 6.57. The standard InChI is InChI=1S/C17H25BrFN3O2.HI/c1-20-17(22-11-13-5-6-14(18)10-16(13)19)21-7-3-8-23-12-15-4-2-9-24-15;/h5-6,10,15H,2-4,7-9,11-12H2,1H3,(H2,20,21,22);1H. The second-order valence-electron chi connectivity index (χ2n) is 5.65. The van der Waals surface area contributed by atoms with E-state index in [0.29, 0.717) is 31.3 Å². The van der Waals surface area contributed by atoms with Crippen molar-refractivity contribution in [1.29, 1.82) is 0 Å². The van der Waals surface area contributed by atoms with E-state index in [1.165, 1.54) is 6.07 Å². The Hall–Kier alpha value is -0.450. The van der Waals surface area contributed by atoms with Gasteiger partial charge in [-0.25, -0.2) is 4.39 Å². The second kappa shape index (κ2) is 12.8. The van der Waals surface area contributed by atoms with Crippen LogP contribution >= 0.6 is 39.9 Å². The van der Waals surface area contributed by atoms with Crippen LogP contribution < -0.4 is 10.6 Å². The van der Waals surface area contributed by atoms with Crippen molar-refractivity contribution >= 4 is 45.9 Å². The highest BCUT2D eigenvalue weighted by molar-refractivity contribution is 14.0. The molecule has 142 valence electrons. The molecular formula is C17H26BrFIN3O2. The Bertz CT molecular complexity index is 543. The van der Waals surface area contributed by atoms with Gasteiger partial charge in [0.2, 0.25) is 0 Å². The number of hydrogen-bond acceptors (Lipinski definition) is 3. The summed E-state index contributed by atoms with van der Waals surface area (Å²) in [5.41, 5.74) is 0.598. The van der Waals surface area contributed by atoms with Crippen molar-refractivity contribution in [2.75, 3.05) is 33.4 Å². The van der Waals surface area contributed by atoms with Gasteiger partial charge in [0.25, 0.3) is 0 Å². The molecule has 1 fully saturated rings. The van der Waals surface area contributed by atoms with Gasteiger partial charge in [-0.15, -0.1) is 24.0 Å². The topological polar surface area (TPSA) is 54.9 Å². The highest BCUT2D eigenvalue weighted by Crippen LogP contribution is 2.15. The first kappa shape index (κ1) is 22.6. The van der Waals surface area contributed by atoms with Crippen LogP contribution in [0.5, 0.6) is 0 Å². The first-order valence-electron chi connectivity index (χ1n) is 8.27. The molecule has 0 aliphatic carbocycles. The lowest BCUT2D eigenvalue weighted by molar-refractivity contribution is 0.0168. The van der Waals surface area contributed by atoms with E-state index >= 15 is 0 Å². The molecule has 0 aromatic heterocycles. The molecule has 1 atom stereocenters. The molecule has 0 spiro atoms. The van der Waals surface area contributed by atoms with Crippen LogP contribution in [0, 0.1) is 5.82 Å². The molecule has 1 saturated heterocycles. The lowest BCUT2D eigenvalue weighted by Crippen LogP contribution is -2.37. The number of benzene rings is 1. The average molecular weight is 530 g/mol. The van der Waals surface area contributed by atoms with Crippen LogP contribution in [0.4, 0.5) is 4.39 Å². The maximum absolute atomic E-state index is 13.8. The molecule has 5 nitrogen and oxygen atoms in total. The fourth-order valence-electron chi connectivity index (χ4n) is 2.44. The monoisotopic (exact) mass is 529 g/mol. The summed E-state index contributed by atoms with van der Waals surface area (Å²) in [4.78, 5) is 4.13. The van der Waals surface area contributed by atoms with Gasteiger partial charge in [0, 0.05) is 43.4 Å². The first-order valence-corrected chi connectivity index (χ1v) is 9.06. The molecule has 1 unspecified atom stereocenters. The van der Waals surface area contributed by atoms with Crippen LogP contribution in [0.15, 0.2) is 27.7 Å². The third-order valence-electron chi connectivity index (χ3n) is 3.77. The van der Waals surface area contributed by atoms with E-state index in [0.717, 1.165) is 36.9 Å². The van der Waals surface area contributed by atoms with E-state index in [9.17, 15) is 4.39 Å². The molecule has 0 radical (unpaired) electrons. The van der Waals surface area contributed by atoms with E-state index < -0.39 is 0 Å². The van der Waals surface area contributed by atoms with E-state index in [1.807, 2.05) is 6.07 Å². The highest BCUT2D eigenvalue weighted by Gasteiger charge is 2.14. The number of nitrogens with one attached hydrogen (secondary N) is 2. The normalized spacial score (nSPS) is 17.2. The first-order chi connectivity index (χ1) is 11.7. The van der Waals surface area contributed by atoms with Crippen molar-refractivity contribution in [2.24, 2.45) is 4.99 Å². The highest BCUT2D eigenvalue weighted by atomic mass is 127. The minimum Gasteiger partial charge on any atom is -0.379 e. The summed E-state index contributed by atoms with van der Waals surface area (Å²) in [5.74, 6) is 0.409. The molecule has 1 aromatic carbocycles. The average Bonchev–Trinajstić information content (AvgIpc) is 3.08. The molecule has 1 aliphatic rings. The number of aliphatic imine (C=N–C) groups is 1. The third kappa shape index (κ3) is 8.65. The quantitative estimate of drug-likeness (QED) is 0.234. The van der Waals surface area contributed by atoms with Crippen molar-refractivity contribution in [3.63, 3.8) is 0 Å². The fourth-order valence-corrected chi connectivity index (χ4v) is 2.77. The van der Waals surface area contributed by atoms with Gasteiger partial charge >= 0.3 is 0 Å². The molecule has 1 aromatic rings. The molecule has 0 bridgehead atoms. The number of nitrogens with zero attached hydrogens (tertiary/aromatic N) is 1. The van der Waals surface area contributed by atoms with Crippen LogP contribution in [-0.4, -0.2) is 45.5 Å². The minimum absolute atomic E-state index is 0. The maximum atomic E-state index is 13.8. The van der Waals surface area contributed by atoms with Crippen molar-refractivity contribution in [2.45, 2.75) is 31.9 Å². The Morgan fingerprint density at radius 1 is 1.44 bits per heavy atom. The summed E-state index contributed by atoms with van der Waals surface area (Å²) in [5, 5.41) is 6.30. The molecule has 0 amide bonds. The zero-order valence-corrected chi connectivity index (χ0v) is 18.3.